The lowest BCUT2D eigenvalue weighted by Crippen LogP contribution is -2.11. The van der Waals surface area contributed by atoms with Crippen LogP contribution in [0.3, 0.4) is 0 Å². The smallest absolute Gasteiger partial charge is 0.236 e. The lowest BCUT2D eigenvalue weighted by Gasteiger charge is -2.04. The highest BCUT2D eigenvalue weighted by atomic mass is 16.5. The summed E-state index contributed by atoms with van der Waals surface area (Å²) in [7, 11) is 1.63. The summed E-state index contributed by atoms with van der Waals surface area (Å²) in [5.74, 6) is 0.768. The first-order valence-corrected chi connectivity index (χ1v) is 5.46. The lowest BCUT2D eigenvalue weighted by atomic mass is 10.1. The van der Waals surface area contributed by atoms with Crippen LogP contribution in [0, 0.1) is 0 Å². The average molecular weight is 226 g/mol. The molecule has 90 valence electrons. The van der Waals surface area contributed by atoms with Crippen molar-refractivity contribution in [1.82, 2.24) is 10.1 Å². The molecule has 0 fully saturated rings. The Labute approximate surface area is 95.2 Å². The van der Waals surface area contributed by atoms with Crippen LogP contribution in [-0.2, 0) is 16.0 Å². The normalized spacial score (nSPS) is 14.8. The fraction of sp³-hybridized carbons (Fsp3) is 0.727. The van der Waals surface area contributed by atoms with Gasteiger partial charge in [0.05, 0.1) is 12.0 Å². The number of hydrogen-bond acceptors (Lipinski definition) is 5. The Morgan fingerprint density at radius 3 is 2.75 bits per heavy atom. The Bertz CT molecular complexity index is 349. The molecule has 0 bridgehead atoms. The van der Waals surface area contributed by atoms with E-state index in [1.165, 1.54) is 0 Å². The van der Waals surface area contributed by atoms with E-state index < -0.39 is 0 Å². The summed E-state index contributed by atoms with van der Waals surface area (Å²) in [5.41, 5.74) is 0. The standard InChI is InChI=1S/C11H18N2O3/c1-5-9(14)8(3)11-12-10(13-16-11)6-7(2)15-4/h7-8H,5-6H2,1-4H3. The van der Waals surface area contributed by atoms with Gasteiger partial charge in [0.2, 0.25) is 5.89 Å². The predicted molar refractivity (Wildman–Crippen MR) is 58.2 cm³/mol. The van der Waals surface area contributed by atoms with Gasteiger partial charge in [0.1, 0.15) is 5.78 Å². The number of rotatable bonds is 6. The first kappa shape index (κ1) is 12.8. The second-order valence-electron chi connectivity index (χ2n) is 3.84. The molecule has 5 nitrogen and oxygen atoms in total. The zero-order chi connectivity index (χ0) is 12.1. The molecule has 2 atom stereocenters. The van der Waals surface area contributed by atoms with Crippen molar-refractivity contribution in [2.75, 3.05) is 7.11 Å². The Kier molecular flexibility index (Phi) is 4.61. The van der Waals surface area contributed by atoms with Gasteiger partial charge in [0.25, 0.3) is 0 Å². The van der Waals surface area contributed by atoms with E-state index in [4.69, 9.17) is 9.26 Å². The van der Waals surface area contributed by atoms with Crippen LogP contribution in [0.4, 0.5) is 0 Å². The highest BCUT2D eigenvalue weighted by molar-refractivity contribution is 5.83. The molecule has 0 N–H and O–H groups in total. The van der Waals surface area contributed by atoms with E-state index in [-0.39, 0.29) is 17.8 Å². The molecule has 0 spiro atoms. The summed E-state index contributed by atoms with van der Waals surface area (Å²) in [4.78, 5) is 15.6. The molecule has 1 rings (SSSR count). The summed E-state index contributed by atoms with van der Waals surface area (Å²) < 4.78 is 10.2. The van der Waals surface area contributed by atoms with Crippen LogP contribution in [0.15, 0.2) is 4.52 Å². The maximum Gasteiger partial charge on any atom is 0.236 e. The number of methoxy groups -OCH3 is 1. The fourth-order valence-corrected chi connectivity index (χ4v) is 1.31. The number of aromatic nitrogens is 2. The van der Waals surface area contributed by atoms with Crippen molar-refractivity contribution in [3.8, 4) is 0 Å². The third-order valence-corrected chi connectivity index (χ3v) is 2.56. The van der Waals surface area contributed by atoms with Crippen molar-refractivity contribution < 1.29 is 14.1 Å². The van der Waals surface area contributed by atoms with Crippen LogP contribution in [0.25, 0.3) is 0 Å². The van der Waals surface area contributed by atoms with Crippen LogP contribution in [0.5, 0.6) is 0 Å². The summed E-state index contributed by atoms with van der Waals surface area (Å²) >= 11 is 0. The molecule has 0 aliphatic heterocycles. The van der Waals surface area contributed by atoms with E-state index in [1.54, 1.807) is 14.0 Å². The minimum absolute atomic E-state index is 0.0441. The van der Waals surface area contributed by atoms with Gasteiger partial charge in [-0.25, -0.2) is 0 Å². The van der Waals surface area contributed by atoms with Gasteiger partial charge in [0.15, 0.2) is 5.82 Å². The van der Waals surface area contributed by atoms with Crippen molar-refractivity contribution in [2.24, 2.45) is 0 Å². The molecule has 16 heavy (non-hydrogen) atoms. The largest absolute Gasteiger partial charge is 0.381 e. The van der Waals surface area contributed by atoms with E-state index in [9.17, 15) is 4.79 Å². The molecule has 1 aromatic heterocycles. The molecule has 2 unspecified atom stereocenters. The van der Waals surface area contributed by atoms with Gasteiger partial charge >= 0.3 is 0 Å². The quantitative estimate of drug-likeness (QED) is 0.739. The SMILES string of the molecule is CCC(=O)C(C)c1nc(CC(C)OC)no1. The van der Waals surface area contributed by atoms with Crippen molar-refractivity contribution in [1.29, 1.82) is 0 Å². The molecule has 1 aromatic rings. The molecule has 1 heterocycles. The summed E-state index contributed by atoms with van der Waals surface area (Å²) in [5, 5.41) is 3.82. The third-order valence-electron chi connectivity index (χ3n) is 2.56. The summed E-state index contributed by atoms with van der Waals surface area (Å²) in [6, 6.07) is 0. The van der Waals surface area contributed by atoms with Gasteiger partial charge in [-0.15, -0.1) is 0 Å². The number of Topliss-reactive ketones (excluding diaryl/α,β-unsaturated/α-hetero) is 1. The number of carbonyl (C=O) groups is 1. The monoisotopic (exact) mass is 226 g/mol. The molecular formula is C11H18N2O3. The molecule has 0 aliphatic carbocycles. The molecule has 0 amide bonds. The van der Waals surface area contributed by atoms with Crippen LogP contribution in [-0.4, -0.2) is 29.1 Å². The van der Waals surface area contributed by atoms with E-state index in [1.807, 2.05) is 13.8 Å². The van der Waals surface area contributed by atoms with Crippen LogP contribution in [0.1, 0.15) is 44.8 Å². The molecule has 0 saturated heterocycles. The van der Waals surface area contributed by atoms with E-state index in [0.717, 1.165) is 0 Å². The van der Waals surface area contributed by atoms with E-state index >= 15 is 0 Å². The molecule has 0 aliphatic rings. The Morgan fingerprint density at radius 1 is 1.50 bits per heavy atom. The molecular weight excluding hydrogens is 208 g/mol. The lowest BCUT2D eigenvalue weighted by molar-refractivity contribution is -0.120. The highest BCUT2D eigenvalue weighted by Gasteiger charge is 2.20. The Morgan fingerprint density at radius 2 is 2.19 bits per heavy atom. The van der Waals surface area contributed by atoms with Crippen molar-refractivity contribution >= 4 is 5.78 Å². The highest BCUT2D eigenvalue weighted by Crippen LogP contribution is 2.16. The van der Waals surface area contributed by atoms with Gasteiger partial charge in [-0.2, -0.15) is 4.98 Å². The van der Waals surface area contributed by atoms with Gasteiger partial charge < -0.3 is 9.26 Å². The molecule has 5 heteroatoms. The number of carbonyl (C=O) groups excluding carboxylic acids is 1. The van der Waals surface area contributed by atoms with Crippen molar-refractivity contribution in [2.45, 2.75) is 45.6 Å². The van der Waals surface area contributed by atoms with Crippen molar-refractivity contribution in [3.63, 3.8) is 0 Å². The van der Waals surface area contributed by atoms with Crippen LogP contribution in [0.2, 0.25) is 0 Å². The van der Waals surface area contributed by atoms with Gasteiger partial charge in [0, 0.05) is 20.0 Å². The van der Waals surface area contributed by atoms with Gasteiger partial charge in [-0.1, -0.05) is 12.1 Å². The maximum absolute atomic E-state index is 11.4. The first-order chi connectivity index (χ1) is 7.58. The number of ketones is 1. The third kappa shape index (κ3) is 3.13. The molecule has 0 aromatic carbocycles. The molecule has 0 radical (unpaired) electrons. The zero-order valence-corrected chi connectivity index (χ0v) is 10.2. The Balaban J connectivity index is 2.67. The van der Waals surface area contributed by atoms with Gasteiger partial charge in [-0.05, 0) is 13.8 Å². The molecule has 0 saturated carbocycles. The van der Waals surface area contributed by atoms with Crippen molar-refractivity contribution in [3.05, 3.63) is 11.7 Å². The summed E-state index contributed by atoms with van der Waals surface area (Å²) in [6.45, 7) is 5.53. The number of nitrogens with zero attached hydrogens (tertiary/aromatic N) is 2. The summed E-state index contributed by atoms with van der Waals surface area (Å²) in [6.07, 6.45) is 1.11. The zero-order valence-electron chi connectivity index (χ0n) is 10.2. The predicted octanol–water partition coefficient (Wildman–Crippen LogP) is 1.73. The maximum atomic E-state index is 11.4. The number of ether oxygens (including phenoxy) is 1. The fourth-order valence-electron chi connectivity index (χ4n) is 1.31. The number of hydrogen-bond donors (Lipinski definition) is 0. The second-order valence-corrected chi connectivity index (χ2v) is 3.84. The Hall–Kier alpha value is -1.23. The second kappa shape index (κ2) is 5.75. The first-order valence-electron chi connectivity index (χ1n) is 5.46. The topological polar surface area (TPSA) is 65.2 Å². The van der Waals surface area contributed by atoms with E-state index in [0.29, 0.717) is 24.6 Å². The minimum Gasteiger partial charge on any atom is -0.381 e. The van der Waals surface area contributed by atoms with Crippen LogP contribution < -0.4 is 0 Å². The van der Waals surface area contributed by atoms with E-state index in [2.05, 4.69) is 10.1 Å². The van der Waals surface area contributed by atoms with Gasteiger partial charge in [-0.3, -0.25) is 4.79 Å². The van der Waals surface area contributed by atoms with Crippen LogP contribution >= 0.6 is 0 Å². The minimum atomic E-state index is -0.316. The average Bonchev–Trinajstić information content (AvgIpc) is 2.75.